The SMILES string of the molecule is CC1(NS(=O)(=O)c2ccc3c(c2)c(=O)n(NC(=O)C24CC2C4)c(=O)n3CC2CCCC2)CC1. The van der Waals surface area contributed by atoms with Gasteiger partial charge in [-0.05, 0) is 75.5 Å². The standard InChI is InChI=1S/C23H28N4O5S/c1-22(8-9-22)25-33(31,32)16-6-7-18-17(10-16)19(28)27(24-20(29)23-11-15(23)12-23)21(30)26(18)13-14-4-2-3-5-14/h6-7,10,14-15,25H,2-5,8-9,11-13H2,1H3,(H,24,29). The molecule has 0 bridgehead atoms. The van der Waals surface area contributed by atoms with Gasteiger partial charge in [-0.15, -0.1) is 0 Å². The minimum absolute atomic E-state index is 0.0211. The normalized spacial score (nSPS) is 27.4. The van der Waals surface area contributed by atoms with E-state index >= 15 is 0 Å². The fraction of sp³-hybridized carbons (Fsp3) is 0.609. The van der Waals surface area contributed by atoms with Gasteiger partial charge in [0.25, 0.3) is 5.56 Å². The third-order valence-electron chi connectivity index (χ3n) is 8.07. The molecule has 2 aromatic rings. The van der Waals surface area contributed by atoms with Gasteiger partial charge < -0.3 is 0 Å². The zero-order valence-corrected chi connectivity index (χ0v) is 19.4. The molecule has 0 aliphatic heterocycles. The van der Waals surface area contributed by atoms with E-state index in [-0.39, 0.29) is 16.2 Å². The summed E-state index contributed by atoms with van der Waals surface area (Å²) in [4.78, 5) is 39.4. The number of benzene rings is 1. The van der Waals surface area contributed by atoms with Crippen LogP contribution in [0.2, 0.25) is 0 Å². The van der Waals surface area contributed by atoms with Crippen molar-refractivity contribution < 1.29 is 13.2 Å². The first-order chi connectivity index (χ1) is 15.6. The van der Waals surface area contributed by atoms with Crippen LogP contribution >= 0.6 is 0 Å². The average molecular weight is 473 g/mol. The maximum Gasteiger partial charge on any atom is 0.350 e. The number of carbonyl (C=O) groups is 1. The lowest BCUT2D eigenvalue weighted by Crippen LogP contribution is -2.48. The summed E-state index contributed by atoms with van der Waals surface area (Å²) in [5.41, 5.74) is 0.807. The largest absolute Gasteiger partial charge is 0.350 e. The quantitative estimate of drug-likeness (QED) is 0.635. The van der Waals surface area contributed by atoms with E-state index in [0.29, 0.717) is 23.9 Å². The van der Waals surface area contributed by atoms with E-state index in [2.05, 4.69) is 10.1 Å². The summed E-state index contributed by atoms with van der Waals surface area (Å²) < 4.78 is 30.9. The Bertz CT molecular complexity index is 1410. The van der Waals surface area contributed by atoms with Gasteiger partial charge in [-0.25, -0.2) is 17.9 Å². The molecule has 1 heterocycles. The van der Waals surface area contributed by atoms with Gasteiger partial charge in [-0.2, -0.15) is 4.68 Å². The van der Waals surface area contributed by atoms with Crippen molar-refractivity contribution in [1.29, 1.82) is 0 Å². The monoisotopic (exact) mass is 472 g/mol. The van der Waals surface area contributed by atoms with Gasteiger partial charge in [0, 0.05) is 12.1 Å². The Balaban J connectivity index is 1.47. The summed E-state index contributed by atoms with van der Waals surface area (Å²) in [6.45, 7) is 2.28. The fourth-order valence-corrected chi connectivity index (χ4v) is 6.70. The van der Waals surface area contributed by atoms with Crippen molar-refractivity contribution in [1.82, 2.24) is 14.0 Å². The highest BCUT2D eigenvalue weighted by Gasteiger charge is 2.74. The van der Waals surface area contributed by atoms with Crippen LogP contribution in [0.15, 0.2) is 32.7 Å². The number of nitrogens with zero attached hydrogens (tertiary/aromatic N) is 2. The van der Waals surface area contributed by atoms with Crippen LogP contribution in [0, 0.1) is 17.3 Å². The lowest BCUT2D eigenvalue weighted by Gasteiger charge is -2.18. The third-order valence-corrected chi connectivity index (χ3v) is 9.71. The van der Waals surface area contributed by atoms with E-state index in [4.69, 9.17) is 0 Å². The first-order valence-electron chi connectivity index (χ1n) is 11.8. The average Bonchev–Trinajstić information content (AvgIpc) is 3.70. The van der Waals surface area contributed by atoms with Gasteiger partial charge in [0.05, 0.1) is 21.2 Å². The Morgan fingerprint density at radius 1 is 1.15 bits per heavy atom. The molecule has 0 atom stereocenters. The number of rotatable bonds is 7. The minimum Gasteiger partial charge on any atom is -0.291 e. The molecule has 176 valence electrons. The minimum atomic E-state index is -3.82. The van der Waals surface area contributed by atoms with Crippen LogP contribution in [0.5, 0.6) is 0 Å². The molecule has 0 unspecified atom stereocenters. The second kappa shape index (κ2) is 6.79. The molecule has 4 aliphatic rings. The molecule has 6 rings (SSSR count). The second-order valence-electron chi connectivity index (χ2n) is 10.7. The van der Waals surface area contributed by atoms with Gasteiger partial charge in [-0.3, -0.25) is 19.6 Å². The van der Waals surface area contributed by atoms with Crippen LogP contribution in [-0.4, -0.2) is 29.1 Å². The van der Waals surface area contributed by atoms with E-state index in [0.717, 1.165) is 56.0 Å². The van der Waals surface area contributed by atoms with E-state index < -0.39 is 32.2 Å². The number of aromatic nitrogens is 2. The molecule has 2 N–H and O–H groups in total. The van der Waals surface area contributed by atoms with Gasteiger partial charge in [-0.1, -0.05) is 12.8 Å². The van der Waals surface area contributed by atoms with Crippen molar-refractivity contribution in [3.63, 3.8) is 0 Å². The Morgan fingerprint density at radius 3 is 2.42 bits per heavy atom. The number of hydrogen-bond donors (Lipinski definition) is 2. The summed E-state index contributed by atoms with van der Waals surface area (Å²) in [6, 6.07) is 4.31. The van der Waals surface area contributed by atoms with Gasteiger partial charge in [0.15, 0.2) is 0 Å². The molecule has 4 aliphatic carbocycles. The van der Waals surface area contributed by atoms with Crippen LogP contribution in [0.1, 0.15) is 58.3 Å². The molecule has 9 nitrogen and oxygen atoms in total. The number of hydrogen-bond acceptors (Lipinski definition) is 5. The number of fused-ring (bicyclic) bond motifs is 2. The predicted octanol–water partition coefficient (Wildman–Crippen LogP) is 1.66. The molecule has 0 spiro atoms. The molecule has 33 heavy (non-hydrogen) atoms. The molecule has 1 amide bonds. The summed E-state index contributed by atoms with van der Waals surface area (Å²) in [5, 5.41) is 0.109. The zero-order valence-electron chi connectivity index (χ0n) is 18.6. The Morgan fingerprint density at radius 2 is 1.82 bits per heavy atom. The highest BCUT2D eigenvalue weighted by Crippen LogP contribution is 2.75. The first kappa shape index (κ1) is 21.1. The molecular weight excluding hydrogens is 444 g/mol. The molecular formula is C23H28N4O5S. The maximum atomic E-state index is 13.3. The summed E-state index contributed by atoms with van der Waals surface area (Å²) in [6.07, 6.45) is 7.33. The highest BCUT2D eigenvalue weighted by atomic mass is 32.2. The maximum absolute atomic E-state index is 13.3. The summed E-state index contributed by atoms with van der Waals surface area (Å²) in [5.74, 6) is 0.369. The van der Waals surface area contributed by atoms with Gasteiger partial charge in [0.1, 0.15) is 0 Å². The van der Waals surface area contributed by atoms with Crippen molar-refractivity contribution in [3.05, 3.63) is 39.0 Å². The molecule has 4 saturated carbocycles. The van der Waals surface area contributed by atoms with Crippen LogP contribution in [-0.2, 0) is 21.4 Å². The molecule has 4 fully saturated rings. The van der Waals surface area contributed by atoms with Crippen LogP contribution in [0.4, 0.5) is 0 Å². The third kappa shape index (κ3) is 3.45. The molecule has 10 heteroatoms. The number of carbonyl (C=O) groups excluding carboxylic acids is 1. The van der Waals surface area contributed by atoms with Crippen molar-refractivity contribution in [2.24, 2.45) is 17.3 Å². The first-order valence-corrected chi connectivity index (χ1v) is 13.3. The van der Waals surface area contributed by atoms with Crippen molar-refractivity contribution in [2.45, 2.75) is 75.3 Å². The molecule has 0 saturated heterocycles. The van der Waals surface area contributed by atoms with E-state index in [1.807, 2.05) is 6.92 Å². The lowest BCUT2D eigenvalue weighted by atomic mass is 10.1. The second-order valence-corrected chi connectivity index (χ2v) is 12.4. The van der Waals surface area contributed by atoms with Gasteiger partial charge >= 0.3 is 5.69 Å². The van der Waals surface area contributed by atoms with Crippen LogP contribution in [0.25, 0.3) is 10.9 Å². The van der Waals surface area contributed by atoms with E-state index in [1.54, 1.807) is 6.07 Å². The van der Waals surface area contributed by atoms with Crippen molar-refractivity contribution in [3.8, 4) is 0 Å². The number of amides is 1. The van der Waals surface area contributed by atoms with Gasteiger partial charge in [0.2, 0.25) is 15.9 Å². The van der Waals surface area contributed by atoms with Crippen LogP contribution < -0.4 is 21.4 Å². The Labute approximate surface area is 191 Å². The predicted molar refractivity (Wildman–Crippen MR) is 122 cm³/mol. The summed E-state index contributed by atoms with van der Waals surface area (Å²) >= 11 is 0. The molecule has 0 radical (unpaired) electrons. The van der Waals surface area contributed by atoms with Crippen LogP contribution in [0.3, 0.4) is 0 Å². The van der Waals surface area contributed by atoms with Crippen molar-refractivity contribution in [2.75, 3.05) is 5.43 Å². The lowest BCUT2D eigenvalue weighted by molar-refractivity contribution is -0.120. The highest BCUT2D eigenvalue weighted by molar-refractivity contribution is 7.89. The van der Waals surface area contributed by atoms with Crippen molar-refractivity contribution >= 4 is 26.8 Å². The zero-order chi connectivity index (χ0) is 23.2. The summed E-state index contributed by atoms with van der Waals surface area (Å²) in [7, 11) is -3.82. The molecule has 1 aromatic carbocycles. The Hall–Kier alpha value is -2.46. The van der Waals surface area contributed by atoms with E-state index in [1.165, 1.54) is 16.7 Å². The number of nitrogens with one attached hydrogen (secondary N) is 2. The fourth-order valence-electron chi connectivity index (χ4n) is 5.20. The number of sulfonamides is 1. The Kier molecular flexibility index (Phi) is 4.34. The molecule has 1 aromatic heterocycles. The smallest absolute Gasteiger partial charge is 0.291 e. The van der Waals surface area contributed by atoms with E-state index in [9.17, 15) is 22.8 Å². The topological polar surface area (TPSA) is 119 Å².